The van der Waals surface area contributed by atoms with Crippen molar-refractivity contribution < 1.29 is 14.6 Å². The van der Waals surface area contributed by atoms with Crippen molar-refractivity contribution in [3.8, 4) is 5.75 Å². The Bertz CT molecular complexity index is 414. The van der Waals surface area contributed by atoms with Gasteiger partial charge in [-0.1, -0.05) is 39.0 Å². The van der Waals surface area contributed by atoms with Crippen LogP contribution in [0.2, 0.25) is 0 Å². The van der Waals surface area contributed by atoms with Gasteiger partial charge in [-0.3, -0.25) is 0 Å². The van der Waals surface area contributed by atoms with Crippen LogP contribution in [0.5, 0.6) is 5.75 Å². The van der Waals surface area contributed by atoms with E-state index in [1.165, 1.54) is 6.08 Å². The summed E-state index contributed by atoms with van der Waals surface area (Å²) in [5.74, 6) is -0.159. The molecule has 1 aromatic rings. The van der Waals surface area contributed by atoms with Gasteiger partial charge in [0.25, 0.3) is 0 Å². The Hall–Kier alpha value is -1.77. The highest BCUT2D eigenvalue weighted by Crippen LogP contribution is 2.30. The number of carbonyl (C=O) groups is 1. The first-order valence-electron chi connectivity index (χ1n) is 5.53. The fraction of sp³-hybridized carbons (Fsp3) is 0.357. The zero-order valence-corrected chi connectivity index (χ0v) is 10.4. The number of ether oxygens (including phenoxy) is 1. The Morgan fingerprint density at radius 2 is 2.00 bits per heavy atom. The third kappa shape index (κ3) is 4.31. The molecule has 92 valence electrons. The molecule has 3 nitrogen and oxygen atoms in total. The van der Waals surface area contributed by atoms with Gasteiger partial charge in [0, 0.05) is 6.08 Å². The predicted molar refractivity (Wildman–Crippen MR) is 67.4 cm³/mol. The number of rotatable bonds is 4. The highest BCUT2D eigenvalue weighted by molar-refractivity contribution is 5.79. The molecular formula is C14H18O3. The molecular weight excluding hydrogens is 216 g/mol. The van der Waals surface area contributed by atoms with E-state index in [2.05, 4.69) is 20.8 Å². The quantitative estimate of drug-likeness (QED) is 0.814. The van der Waals surface area contributed by atoms with Gasteiger partial charge >= 0.3 is 5.97 Å². The normalized spacial score (nSPS) is 11.7. The van der Waals surface area contributed by atoms with Crippen molar-refractivity contribution >= 4 is 5.97 Å². The van der Waals surface area contributed by atoms with Crippen molar-refractivity contribution in [3.63, 3.8) is 0 Å². The van der Waals surface area contributed by atoms with Crippen LogP contribution >= 0.6 is 0 Å². The molecule has 0 radical (unpaired) electrons. The maximum absolute atomic E-state index is 10.3. The maximum Gasteiger partial charge on any atom is 0.328 e. The average Bonchev–Trinajstić information content (AvgIpc) is 2.23. The minimum absolute atomic E-state index is 0.00705. The van der Waals surface area contributed by atoms with Gasteiger partial charge in [0.15, 0.2) is 0 Å². The summed E-state index contributed by atoms with van der Waals surface area (Å²) in [6, 6.07) is 7.80. The van der Waals surface area contributed by atoms with Crippen LogP contribution < -0.4 is 4.74 Å². The summed E-state index contributed by atoms with van der Waals surface area (Å²) in [6.45, 7) is 6.60. The molecule has 0 unspecified atom stereocenters. The lowest BCUT2D eigenvalue weighted by molar-refractivity contribution is -0.131. The van der Waals surface area contributed by atoms with E-state index < -0.39 is 5.97 Å². The SMILES string of the molecule is CC(C)(C)c1ccccc1OC/C=C/C(=O)O. The molecule has 0 saturated carbocycles. The molecule has 0 atom stereocenters. The van der Waals surface area contributed by atoms with E-state index in [1.54, 1.807) is 0 Å². The first kappa shape index (κ1) is 13.3. The minimum atomic E-state index is -0.960. The van der Waals surface area contributed by atoms with E-state index in [-0.39, 0.29) is 12.0 Å². The zero-order chi connectivity index (χ0) is 12.9. The fourth-order valence-electron chi connectivity index (χ4n) is 1.50. The second-order valence-corrected chi connectivity index (χ2v) is 4.80. The predicted octanol–water partition coefficient (Wildman–Crippen LogP) is 3.00. The standard InChI is InChI=1S/C14H18O3/c1-14(2,3)11-7-4-5-8-12(11)17-10-6-9-13(15)16/h4-9H,10H2,1-3H3,(H,15,16)/b9-6+. The Balaban J connectivity index is 2.75. The van der Waals surface area contributed by atoms with Gasteiger partial charge in [0.05, 0.1) is 0 Å². The summed E-state index contributed by atoms with van der Waals surface area (Å²) in [6.07, 6.45) is 2.57. The monoisotopic (exact) mass is 234 g/mol. The number of carboxylic acid groups (broad SMARTS) is 1. The molecule has 0 aromatic heterocycles. The van der Waals surface area contributed by atoms with E-state index in [0.29, 0.717) is 0 Å². The fourth-order valence-corrected chi connectivity index (χ4v) is 1.50. The van der Waals surface area contributed by atoms with Crippen LogP contribution in [0.25, 0.3) is 0 Å². The van der Waals surface area contributed by atoms with Crippen LogP contribution in [0.15, 0.2) is 36.4 Å². The second kappa shape index (κ2) is 5.53. The van der Waals surface area contributed by atoms with Gasteiger partial charge in [0.2, 0.25) is 0 Å². The maximum atomic E-state index is 10.3. The Morgan fingerprint density at radius 3 is 2.59 bits per heavy atom. The number of hydrogen-bond donors (Lipinski definition) is 1. The summed E-state index contributed by atoms with van der Waals surface area (Å²) >= 11 is 0. The molecule has 1 N–H and O–H groups in total. The topological polar surface area (TPSA) is 46.5 Å². The van der Waals surface area contributed by atoms with Gasteiger partial charge in [-0.15, -0.1) is 0 Å². The molecule has 17 heavy (non-hydrogen) atoms. The smallest absolute Gasteiger partial charge is 0.328 e. The van der Waals surface area contributed by atoms with Crippen LogP contribution in [0.3, 0.4) is 0 Å². The minimum Gasteiger partial charge on any atom is -0.489 e. The molecule has 0 bridgehead atoms. The first-order valence-corrected chi connectivity index (χ1v) is 5.53. The van der Waals surface area contributed by atoms with Gasteiger partial charge in [-0.25, -0.2) is 4.79 Å². The van der Waals surface area contributed by atoms with Crippen molar-refractivity contribution in [2.75, 3.05) is 6.61 Å². The van der Waals surface area contributed by atoms with Crippen molar-refractivity contribution in [1.29, 1.82) is 0 Å². The highest BCUT2D eigenvalue weighted by atomic mass is 16.5. The summed E-state index contributed by atoms with van der Waals surface area (Å²) in [7, 11) is 0. The molecule has 0 aliphatic rings. The highest BCUT2D eigenvalue weighted by Gasteiger charge is 2.17. The average molecular weight is 234 g/mol. The molecule has 0 aliphatic carbocycles. The number of hydrogen-bond acceptors (Lipinski definition) is 2. The van der Waals surface area contributed by atoms with Crippen LogP contribution in [-0.4, -0.2) is 17.7 Å². The number of aliphatic carboxylic acids is 1. The second-order valence-electron chi connectivity index (χ2n) is 4.80. The van der Waals surface area contributed by atoms with Crippen LogP contribution in [0, 0.1) is 0 Å². The van der Waals surface area contributed by atoms with E-state index in [0.717, 1.165) is 17.4 Å². The summed E-state index contributed by atoms with van der Waals surface area (Å²) in [5, 5.41) is 8.45. The molecule has 0 saturated heterocycles. The number of para-hydroxylation sites is 1. The molecule has 0 fully saturated rings. The van der Waals surface area contributed by atoms with Crippen molar-refractivity contribution in [1.82, 2.24) is 0 Å². The number of benzene rings is 1. The van der Waals surface area contributed by atoms with Crippen molar-refractivity contribution in [2.24, 2.45) is 0 Å². The van der Waals surface area contributed by atoms with Gasteiger partial charge in [-0.2, -0.15) is 0 Å². The molecule has 0 aliphatic heterocycles. The lowest BCUT2D eigenvalue weighted by Gasteiger charge is -2.22. The lowest BCUT2D eigenvalue weighted by atomic mass is 9.86. The van der Waals surface area contributed by atoms with Crippen LogP contribution in [-0.2, 0) is 10.2 Å². The zero-order valence-electron chi connectivity index (χ0n) is 10.4. The summed E-state index contributed by atoms with van der Waals surface area (Å²) in [4.78, 5) is 10.3. The summed E-state index contributed by atoms with van der Waals surface area (Å²) in [5.41, 5.74) is 1.12. The van der Waals surface area contributed by atoms with E-state index in [9.17, 15) is 4.79 Å². The van der Waals surface area contributed by atoms with Gasteiger partial charge in [-0.05, 0) is 23.1 Å². The summed E-state index contributed by atoms with van der Waals surface area (Å²) < 4.78 is 5.56. The van der Waals surface area contributed by atoms with Crippen molar-refractivity contribution in [2.45, 2.75) is 26.2 Å². The molecule has 0 heterocycles. The van der Waals surface area contributed by atoms with E-state index in [4.69, 9.17) is 9.84 Å². The first-order chi connectivity index (χ1) is 7.91. The van der Waals surface area contributed by atoms with Crippen LogP contribution in [0.1, 0.15) is 26.3 Å². The van der Waals surface area contributed by atoms with Gasteiger partial charge < -0.3 is 9.84 Å². The van der Waals surface area contributed by atoms with E-state index in [1.807, 2.05) is 24.3 Å². The molecule has 0 amide bonds. The molecule has 0 spiro atoms. The van der Waals surface area contributed by atoms with Crippen LogP contribution in [0.4, 0.5) is 0 Å². The lowest BCUT2D eigenvalue weighted by Crippen LogP contribution is -2.13. The third-order valence-corrected chi connectivity index (χ3v) is 2.29. The molecule has 3 heteroatoms. The third-order valence-electron chi connectivity index (χ3n) is 2.29. The molecule has 1 aromatic carbocycles. The van der Waals surface area contributed by atoms with E-state index >= 15 is 0 Å². The Morgan fingerprint density at radius 1 is 1.35 bits per heavy atom. The Labute approximate surface area is 102 Å². The molecule has 1 rings (SSSR count). The van der Waals surface area contributed by atoms with Gasteiger partial charge in [0.1, 0.15) is 12.4 Å². The van der Waals surface area contributed by atoms with Crippen molar-refractivity contribution in [3.05, 3.63) is 42.0 Å². The number of carboxylic acids is 1. The Kier molecular flexibility index (Phi) is 4.32. The largest absolute Gasteiger partial charge is 0.489 e.